The molecule has 88 valence electrons. The van der Waals surface area contributed by atoms with E-state index in [2.05, 4.69) is 33.3 Å². The Morgan fingerprint density at radius 3 is 2.62 bits per heavy atom. The summed E-state index contributed by atoms with van der Waals surface area (Å²) in [5, 5.41) is 1.92. The lowest BCUT2D eigenvalue weighted by Gasteiger charge is -2.32. The molecule has 1 saturated heterocycles. The van der Waals surface area contributed by atoms with Gasteiger partial charge in [0.1, 0.15) is 0 Å². The van der Waals surface area contributed by atoms with Crippen molar-refractivity contribution in [3.63, 3.8) is 0 Å². The van der Waals surface area contributed by atoms with E-state index >= 15 is 0 Å². The average Bonchev–Trinajstić information content (AvgIpc) is 2.68. The molecule has 6 heteroatoms. The van der Waals surface area contributed by atoms with Crippen molar-refractivity contribution in [2.75, 3.05) is 33.2 Å². The van der Waals surface area contributed by atoms with Gasteiger partial charge in [0, 0.05) is 26.2 Å². The second-order valence-electron chi connectivity index (χ2n) is 3.84. The first kappa shape index (κ1) is 11.6. The number of amides is 1. The maximum absolute atomic E-state index is 11.7. The summed E-state index contributed by atoms with van der Waals surface area (Å²) in [7, 11) is 2.07. The number of likely N-dealkylation sites (N-methyl/N-ethyl adjacent to an activating group) is 1. The van der Waals surface area contributed by atoms with Crippen molar-refractivity contribution in [3.05, 3.63) is 22.6 Å². The number of rotatable bonds is 2. The van der Waals surface area contributed by atoms with Crippen molar-refractivity contribution < 1.29 is 9.21 Å². The predicted molar refractivity (Wildman–Crippen MR) is 62.9 cm³/mol. The lowest BCUT2D eigenvalue weighted by molar-refractivity contribution is 0.0636. The first-order valence-electron chi connectivity index (χ1n) is 5.15. The van der Waals surface area contributed by atoms with Crippen LogP contribution in [0.3, 0.4) is 0 Å². The van der Waals surface area contributed by atoms with Gasteiger partial charge in [0.25, 0.3) is 0 Å². The second kappa shape index (κ2) is 4.99. The molecule has 1 aromatic heterocycles. The molecule has 1 N–H and O–H groups in total. The van der Waals surface area contributed by atoms with Crippen LogP contribution in [0, 0.1) is 0 Å². The Morgan fingerprint density at radius 2 is 2.06 bits per heavy atom. The largest absolute Gasteiger partial charge is 0.444 e. The molecular formula is C10H14BrN3O2. The van der Waals surface area contributed by atoms with E-state index in [0.29, 0.717) is 10.4 Å². The van der Waals surface area contributed by atoms with Crippen LogP contribution in [-0.2, 0) is 0 Å². The molecule has 0 unspecified atom stereocenters. The zero-order valence-electron chi connectivity index (χ0n) is 9.07. The summed E-state index contributed by atoms with van der Waals surface area (Å²) >= 11 is 3.17. The maximum Gasteiger partial charge on any atom is 0.301 e. The third-order valence-corrected chi connectivity index (χ3v) is 2.99. The number of furan rings is 1. The smallest absolute Gasteiger partial charge is 0.301 e. The minimum absolute atomic E-state index is 0.199. The lowest BCUT2D eigenvalue weighted by Crippen LogP contribution is -2.52. The molecular weight excluding hydrogens is 274 g/mol. The molecule has 1 aromatic rings. The first-order chi connectivity index (χ1) is 7.65. The van der Waals surface area contributed by atoms with E-state index in [4.69, 9.17) is 4.42 Å². The zero-order chi connectivity index (χ0) is 11.5. The Bertz CT molecular complexity index is 372. The second-order valence-corrected chi connectivity index (χ2v) is 4.62. The minimum atomic E-state index is -0.199. The molecule has 0 aromatic carbocycles. The number of nitrogens with one attached hydrogen (secondary N) is 1. The fourth-order valence-corrected chi connectivity index (χ4v) is 1.86. The van der Waals surface area contributed by atoms with Gasteiger partial charge in [0.15, 0.2) is 10.4 Å². The van der Waals surface area contributed by atoms with Crippen molar-refractivity contribution in [2.24, 2.45) is 0 Å². The van der Waals surface area contributed by atoms with Gasteiger partial charge in [-0.25, -0.2) is 5.01 Å². The van der Waals surface area contributed by atoms with Crippen LogP contribution in [-0.4, -0.2) is 49.0 Å². The SMILES string of the molecule is CN1CCN(NC(=O)c2ccc(Br)o2)CC1. The maximum atomic E-state index is 11.7. The molecule has 1 fully saturated rings. The number of nitrogens with zero attached hydrogens (tertiary/aromatic N) is 2. The normalized spacial score (nSPS) is 18.6. The van der Waals surface area contributed by atoms with E-state index in [9.17, 15) is 4.79 Å². The van der Waals surface area contributed by atoms with Crippen molar-refractivity contribution in [2.45, 2.75) is 0 Å². The van der Waals surface area contributed by atoms with Gasteiger partial charge < -0.3 is 9.32 Å². The fraction of sp³-hybridized carbons (Fsp3) is 0.500. The number of hydrogen-bond donors (Lipinski definition) is 1. The summed E-state index contributed by atoms with van der Waals surface area (Å²) in [5.74, 6) is 0.126. The molecule has 0 aliphatic carbocycles. The highest BCUT2D eigenvalue weighted by Crippen LogP contribution is 2.13. The highest BCUT2D eigenvalue weighted by atomic mass is 79.9. The van der Waals surface area contributed by atoms with Crippen LogP contribution in [0.1, 0.15) is 10.6 Å². The molecule has 2 rings (SSSR count). The summed E-state index contributed by atoms with van der Waals surface area (Å²) in [4.78, 5) is 14.0. The third-order valence-electron chi connectivity index (χ3n) is 2.56. The van der Waals surface area contributed by atoms with E-state index in [1.165, 1.54) is 0 Å². The lowest BCUT2D eigenvalue weighted by atomic mass is 10.4. The van der Waals surface area contributed by atoms with Crippen LogP contribution in [0.2, 0.25) is 0 Å². The number of halogens is 1. The summed E-state index contributed by atoms with van der Waals surface area (Å²) in [5.41, 5.74) is 2.82. The van der Waals surface area contributed by atoms with Gasteiger partial charge >= 0.3 is 5.91 Å². The Labute approximate surface area is 102 Å². The van der Waals surface area contributed by atoms with Gasteiger partial charge in [-0.3, -0.25) is 10.2 Å². The molecule has 0 atom stereocenters. The number of carbonyl (C=O) groups excluding carboxylic acids is 1. The van der Waals surface area contributed by atoms with Crippen LogP contribution in [0.25, 0.3) is 0 Å². The zero-order valence-corrected chi connectivity index (χ0v) is 10.7. The molecule has 0 spiro atoms. The molecule has 0 bridgehead atoms. The number of hydrogen-bond acceptors (Lipinski definition) is 4. The van der Waals surface area contributed by atoms with Gasteiger partial charge in [0.2, 0.25) is 0 Å². The molecule has 0 radical (unpaired) electrons. The standard InChI is InChI=1S/C10H14BrN3O2/c1-13-4-6-14(7-5-13)12-10(15)8-2-3-9(11)16-8/h2-3H,4-7H2,1H3,(H,12,15). The molecule has 5 nitrogen and oxygen atoms in total. The third kappa shape index (κ3) is 2.84. The Kier molecular flexibility index (Phi) is 3.63. The molecule has 1 amide bonds. The highest BCUT2D eigenvalue weighted by molar-refractivity contribution is 9.10. The van der Waals surface area contributed by atoms with E-state index in [1.807, 2.05) is 5.01 Å². The van der Waals surface area contributed by atoms with E-state index in [0.717, 1.165) is 26.2 Å². The topological polar surface area (TPSA) is 48.7 Å². The van der Waals surface area contributed by atoms with Gasteiger partial charge in [-0.05, 0) is 35.1 Å². The monoisotopic (exact) mass is 287 g/mol. The molecule has 1 aliphatic rings. The summed E-state index contributed by atoms with van der Waals surface area (Å²) in [6.07, 6.45) is 0. The number of piperazine rings is 1. The van der Waals surface area contributed by atoms with E-state index in [1.54, 1.807) is 12.1 Å². The van der Waals surface area contributed by atoms with Crippen molar-refractivity contribution >= 4 is 21.8 Å². The van der Waals surface area contributed by atoms with E-state index in [-0.39, 0.29) is 5.91 Å². The van der Waals surface area contributed by atoms with E-state index < -0.39 is 0 Å². The Hall–Kier alpha value is -0.850. The summed E-state index contributed by atoms with van der Waals surface area (Å²) < 4.78 is 5.74. The molecule has 16 heavy (non-hydrogen) atoms. The van der Waals surface area contributed by atoms with Gasteiger partial charge in [-0.2, -0.15) is 0 Å². The van der Waals surface area contributed by atoms with Crippen LogP contribution in [0.15, 0.2) is 21.2 Å². The van der Waals surface area contributed by atoms with Crippen molar-refractivity contribution in [1.29, 1.82) is 0 Å². The Morgan fingerprint density at radius 1 is 1.38 bits per heavy atom. The van der Waals surface area contributed by atoms with Crippen molar-refractivity contribution in [1.82, 2.24) is 15.3 Å². The average molecular weight is 288 g/mol. The van der Waals surface area contributed by atoms with Gasteiger partial charge in [0.05, 0.1) is 0 Å². The first-order valence-corrected chi connectivity index (χ1v) is 5.94. The molecule has 0 saturated carbocycles. The molecule has 1 aliphatic heterocycles. The summed E-state index contributed by atoms with van der Waals surface area (Å²) in [6.45, 7) is 3.60. The quantitative estimate of drug-likeness (QED) is 0.879. The predicted octanol–water partition coefficient (Wildman–Crippen LogP) is 0.934. The Balaban J connectivity index is 1.88. The molecule has 2 heterocycles. The van der Waals surface area contributed by atoms with Crippen LogP contribution in [0.4, 0.5) is 0 Å². The number of hydrazine groups is 1. The van der Waals surface area contributed by atoms with Crippen LogP contribution < -0.4 is 5.43 Å². The van der Waals surface area contributed by atoms with Crippen LogP contribution in [0.5, 0.6) is 0 Å². The minimum Gasteiger partial charge on any atom is -0.444 e. The summed E-state index contributed by atoms with van der Waals surface area (Å²) in [6, 6.07) is 3.36. The van der Waals surface area contributed by atoms with Crippen LogP contribution >= 0.6 is 15.9 Å². The number of carbonyl (C=O) groups is 1. The van der Waals surface area contributed by atoms with Gasteiger partial charge in [-0.1, -0.05) is 0 Å². The van der Waals surface area contributed by atoms with Gasteiger partial charge in [-0.15, -0.1) is 0 Å². The highest BCUT2D eigenvalue weighted by Gasteiger charge is 2.18. The fourth-order valence-electron chi connectivity index (χ4n) is 1.55. The van der Waals surface area contributed by atoms with Crippen molar-refractivity contribution in [3.8, 4) is 0 Å².